The summed E-state index contributed by atoms with van der Waals surface area (Å²) in [4.78, 5) is 12.4. The Morgan fingerprint density at radius 1 is 1.30 bits per heavy atom. The number of nitrogens with two attached hydrogens (primary N) is 1. The summed E-state index contributed by atoms with van der Waals surface area (Å²) in [5.41, 5.74) is 6.43. The van der Waals surface area contributed by atoms with Gasteiger partial charge in [0, 0.05) is 18.5 Å². The molecular formula is C17H32N2O. The van der Waals surface area contributed by atoms with Crippen LogP contribution in [0.15, 0.2) is 0 Å². The first kappa shape index (κ1) is 15.8. The lowest BCUT2D eigenvalue weighted by molar-refractivity contribution is -0.127. The SMILES string of the molecule is CCC1(CNC(=O)C(C)C2CCCC(N)C2)CCCC1. The van der Waals surface area contributed by atoms with Gasteiger partial charge in [-0.25, -0.2) is 0 Å². The van der Waals surface area contributed by atoms with E-state index in [0.29, 0.717) is 17.4 Å². The Kier molecular flexibility index (Phi) is 5.48. The summed E-state index contributed by atoms with van der Waals surface area (Å²) < 4.78 is 0. The molecule has 1 amide bonds. The van der Waals surface area contributed by atoms with Crippen LogP contribution in [0, 0.1) is 17.3 Å². The Hall–Kier alpha value is -0.570. The molecule has 3 N–H and O–H groups in total. The van der Waals surface area contributed by atoms with Crippen molar-refractivity contribution in [2.24, 2.45) is 23.0 Å². The number of amides is 1. The first-order valence-electron chi connectivity index (χ1n) is 8.59. The monoisotopic (exact) mass is 280 g/mol. The molecule has 0 aliphatic heterocycles. The van der Waals surface area contributed by atoms with Gasteiger partial charge in [0.25, 0.3) is 0 Å². The lowest BCUT2D eigenvalue weighted by Gasteiger charge is -2.32. The number of rotatable bonds is 5. The van der Waals surface area contributed by atoms with Crippen LogP contribution in [-0.4, -0.2) is 18.5 Å². The second kappa shape index (κ2) is 6.93. The van der Waals surface area contributed by atoms with Gasteiger partial charge in [-0.1, -0.05) is 33.1 Å². The number of hydrogen-bond donors (Lipinski definition) is 2. The van der Waals surface area contributed by atoms with Crippen LogP contribution in [0.3, 0.4) is 0 Å². The third-order valence-corrected chi connectivity index (χ3v) is 5.93. The van der Waals surface area contributed by atoms with Crippen molar-refractivity contribution in [3.05, 3.63) is 0 Å². The van der Waals surface area contributed by atoms with E-state index < -0.39 is 0 Å². The van der Waals surface area contributed by atoms with Gasteiger partial charge in [0.05, 0.1) is 0 Å². The van der Waals surface area contributed by atoms with Gasteiger partial charge in [-0.3, -0.25) is 4.79 Å². The topological polar surface area (TPSA) is 55.1 Å². The van der Waals surface area contributed by atoms with E-state index in [4.69, 9.17) is 5.73 Å². The normalized spacial score (nSPS) is 30.9. The molecule has 0 aromatic carbocycles. The van der Waals surface area contributed by atoms with Gasteiger partial charge in [0.15, 0.2) is 0 Å². The lowest BCUT2D eigenvalue weighted by Crippen LogP contribution is -2.42. The summed E-state index contributed by atoms with van der Waals surface area (Å²) in [6, 6.07) is 0.306. The van der Waals surface area contributed by atoms with E-state index >= 15 is 0 Å². The molecular weight excluding hydrogens is 248 g/mol. The number of nitrogens with one attached hydrogen (secondary N) is 1. The molecule has 0 spiro atoms. The standard InChI is InChI=1S/C17H32N2O/c1-3-17(9-4-5-10-17)12-19-16(20)13(2)14-7-6-8-15(18)11-14/h13-15H,3-12,18H2,1-2H3,(H,19,20). The molecule has 0 radical (unpaired) electrons. The highest BCUT2D eigenvalue weighted by molar-refractivity contribution is 5.78. The quantitative estimate of drug-likeness (QED) is 0.812. The fourth-order valence-corrected chi connectivity index (χ4v) is 4.15. The number of carbonyl (C=O) groups is 1. The maximum Gasteiger partial charge on any atom is 0.223 e. The Morgan fingerprint density at radius 2 is 2.00 bits per heavy atom. The third-order valence-electron chi connectivity index (χ3n) is 5.93. The molecule has 0 aromatic heterocycles. The Bertz CT molecular complexity index is 323. The fraction of sp³-hybridized carbons (Fsp3) is 0.941. The predicted molar refractivity (Wildman–Crippen MR) is 83.3 cm³/mol. The van der Waals surface area contributed by atoms with Crippen LogP contribution in [0.25, 0.3) is 0 Å². The van der Waals surface area contributed by atoms with Crippen molar-refractivity contribution in [3.8, 4) is 0 Å². The molecule has 3 atom stereocenters. The van der Waals surface area contributed by atoms with Crippen molar-refractivity contribution >= 4 is 5.91 Å². The zero-order valence-corrected chi connectivity index (χ0v) is 13.3. The largest absolute Gasteiger partial charge is 0.355 e. The molecule has 2 aliphatic rings. The lowest BCUT2D eigenvalue weighted by atomic mass is 9.78. The van der Waals surface area contributed by atoms with Gasteiger partial charge in [-0.2, -0.15) is 0 Å². The van der Waals surface area contributed by atoms with E-state index in [1.165, 1.54) is 44.9 Å². The van der Waals surface area contributed by atoms with Crippen LogP contribution in [0.5, 0.6) is 0 Å². The molecule has 3 heteroatoms. The molecule has 2 rings (SSSR count). The molecule has 20 heavy (non-hydrogen) atoms. The van der Waals surface area contributed by atoms with E-state index in [-0.39, 0.29) is 11.8 Å². The summed E-state index contributed by atoms with van der Waals surface area (Å²) in [5, 5.41) is 3.25. The van der Waals surface area contributed by atoms with Crippen molar-refractivity contribution in [2.45, 2.75) is 77.7 Å². The molecule has 2 saturated carbocycles. The van der Waals surface area contributed by atoms with Crippen molar-refractivity contribution in [2.75, 3.05) is 6.54 Å². The molecule has 3 unspecified atom stereocenters. The van der Waals surface area contributed by atoms with Gasteiger partial charge >= 0.3 is 0 Å². The molecule has 0 aromatic rings. The van der Waals surface area contributed by atoms with E-state index in [0.717, 1.165) is 19.4 Å². The maximum atomic E-state index is 12.4. The van der Waals surface area contributed by atoms with Crippen LogP contribution in [0.4, 0.5) is 0 Å². The fourth-order valence-electron chi connectivity index (χ4n) is 4.15. The Morgan fingerprint density at radius 3 is 2.60 bits per heavy atom. The number of hydrogen-bond acceptors (Lipinski definition) is 2. The molecule has 2 aliphatic carbocycles. The molecule has 2 fully saturated rings. The maximum absolute atomic E-state index is 12.4. The molecule has 0 heterocycles. The van der Waals surface area contributed by atoms with Gasteiger partial charge in [-0.05, 0) is 49.9 Å². The third kappa shape index (κ3) is 3.75. The van der Waals surface area contributed by atoms with Crippen LogP contribution >= 0.6 is 0 Å². The minimum absolute atomic E-state index is 0.122. The summed E-state index contributed by atoms with van der Waals surface area (Å²) in [6.45, 7) is 5.23. The highest BCUT2D eigenvalue weighted by Crippen LogP contribution is 2.40. The first-order chi connectivity index (χ1) is 9.56. The zero-order chi connectivity index (χ0) is 14.6. The molecule has 3 nitrogen and oxygen atoms in total. The van der Waals surface area contributed by atoms with E-state index in [1.807, 2.05) is 0 Å². The molecule has 0 saturated heterocycles. The first-order valence-corrected chi connectivity index (χ1v) is 8.59. The smallest absolute Gasteiger partial charge is 0.223 e. The van der Waals surface area contributed by atoms with Gasteiger partial charge in [-0.15, -0.1) is 0 Å². The minimum Gasteiger partial charge on any atom is -0.355 e. The Balaban J connectivity index is 1.81. The van der Waals surface area contributed by atoms with Crippen LogP contribution < -0.4 is 11.1 Å². The average molecular weight is 280 g/mol. The number of carbonyl (C=O) groups excluding carboxylic acids is 1. The van der Waals surface area contributed by atoms with Gasteiger partial charge in [0.1, 0.15) is 0 Å². The Labute approximate surface area is 124 Å². The summed E-state index contributed by atoms with van der Waals surface area (Å²) in [5.74, 6) is 0.861. The summed E-state index contributed by atoms with van der Waals surface area (Å²) >= 11 is 0. The van der Waals surface area contributed by atoms with Crippen LogP contribution in [0.1, 0.15) is 71.6 Å². The van der Waals surface area contributed by atoms with Crippen molar-refractivity contribution in [1.82, 2.24) is 5.32 Å². The van der Waals surface area contributed by atoms with Crippen molar-refractivity contribution in [3.63, 3.8) is 0 Å². The highest BCUT2D eigenvalue weighted by atomic mass is 16.1. The van der Waals surface area contributed by atoms with Crippen LogP contribution in [-0.2, 0) is 4.79 Å². The average Bonchev–Trinajstić information content (AvgIpc) is 2.93. The van der Waals surface area contributed by atoms with E-state index in [2.05, 4.69) is 19.2 Å². The molecule has 116 valence electrons. The van der Waals surface area contributed by atoms with E-state index in [1.54, 1.807) is 0 Å². The summed E-state index contributed by atoms with van der Waals surface area (Å²) in [6.07, 6.45) is 10.9. The molecule has 0 bridgehead atoms. The predicted octanol–water partition coefficient (Wildman–Crippen LogP) is 3.23. The minimum atomic E-state index is 0.122. The second-order valence-electron chi connectivity index (χ2n) is 7.25. The van der Waals surface area contributed by atoms with Gasteiger partial charge < -0.3 is 11.1 Å². The van der Waals surface area contributed by atoms with Crippen molar-refractivity contribution in [1.29, 1.82) is 0 Å². The second-order valence-corrected chi connectivity index (χ2v) is 7.25. The summed E-state index contributed by atoms with van der Waals surface area (Å²) in [7, 11) is 0. The van der Waals surface area contributed by atoms with Crippen molar-refractivity contribution < 1.29 is 4.79 Å². The van der Waals surface area contributed by atoms with Gasteiger partial charge in [0.2, 0.25) is 5.91 Å². The zero-order valence-electron chi connectivity index (χ0n) is 13.3. The highest BCUT2D eigenvalue weighted by Gasteiger charge is 2.34. The van der Waals surface area contributed by atoms with Crippen LogP contribution in [0.2, 0.25) is 0 Å². The van der Waals surface area contributed by atoms with E-state index in [9.17, 15) is 4.79 Å².